The van der Waals surface area contributed by atoms with E-state index in [0.29, 0.717) is 17.3 Å². The number of aliphatic imine (C=N–C) groups is 1. The second-order valence-corrected chi connectivity index (χ2v) is 12.6. The number of carbonyl (C=O) groups is 3. The van der Waals surface area contributed by atoms with Crippen LogP contribution in [-0.2, 0) is 34.5 Å². The number of amides is 2. The first-order valence-electron chi connectivity index (χ1n) is 16.2. The van der Waals surface area contributed by atoms with E-state index in [9.17, 15) is 14.4 Å². The summed E-state index contributed by atoms with van der Waals surface area (Å²) in [5, 5.41) is 9.42. The quantitative estimate of drug-likeness (QED) is 0.269. The van der Waals surface area contributed by atoms with Crippen LogP contribution in [0.4, 0.5) is 0 Å². The van der Waals surface area contributed by atoms with Gasteiger partial charge < -0.3 is 19.5 Å². The van der Waals surface area contributed by atoms with Crippen molar-refractivity contribution in [1.82, 2.24) is 19.4 Å². The largest absolute Gasteiger partial charge is 0.390 e. The van der Waals surface area contributed by atoms with Gasteiger partial charge in [0.05, 0.1) is 18.3 Å². The van der Waals surface area contributed by atoms with Gasteiger partial charge in [0.2, 0.25) is 5.91 Å². The van der Waals surface area contributed by atoms with Crippen LogP contribution in [0.5, 0.6) is 0 Å². The maximum Gasteiger partial charge on any atom is 0.255 e. The number of aryl methyl sites for hydroxylation is 1. The molecule has 1 aliphatic heterocycles. The molecule has 1 spiro atoms. The number of aliphatic hydroxyl groups excluding tert-OH is 1. The highest BCUT2D eigenvalue weighted by molar-refractivity contribution is 6.30. The monoisotopic (exact) mass is 623 g/mol. The van der Waals surface area contributed by atoms with Crippen molar-refractivity contribution in [2.75, 3.05) is 14.1 Å². The topological polar surface area (TPSA) is 108 Å². The number of ketones is 1. The molecule has 3 rings (SSSR count). The summed E-state index contributed by atoms with van der Waals surface area (Å²) in [6.45, 7) is 11.8. The van der Waals surface area contributed by atoms with Crippen LogP contribution in [0.15, 0.2) is 4.99 Å². The van der Waals surface area contributed by atoms with E-state index in [-0.39, 0.29) is 41.7 Å². The van der Waals surface area contributed by atoms with Gasteiger partial charge in [0.15, 0.2) is 10.9 Å². The Kier molecular flexibility index (Phi) is 17.3. The van der Waals surface area contributed by atoms with Crippen LogP contribution in [0.2, 0.25) is 5.15 Å². The number of hydrogen-bond donors (Lipinski definition) is 1. The molecule has 9 nitrogen and oxygen atoms in total. The van der Waals surface area contributed by atoms with E-state index in [0.717, 1.165) is 88.7 Å². The van der Waals surface area contributed by atoms with Gasteiger partial charge in [-0.15, -0.1) is 0 Å². The average molecular weight is 624 g/mol. The Bertz CT molecular complexity index is 1060. The number of aliphatic hydroxyl groups is 1. The van der Waals surface area contributed by atoms with E-state index >= 15 is 0 Å². The molecule has 0 unspecified atom stereocenters. The molecule has 43 heavy (non-hydrogen) atoms. The lowest BCUT2D eigenvalue weighted by Crippen LogP contribution is -2.44. The number of halogens is 1. The van der Waals surface area contributed by atoms with E-state index in [2.05, 4.69) is 25.8 Å². The van der Waals surface area contributed by atoms with Gasteiger partial charge in [-0.05, 0) is 44.9 Å². The van der Waals surface area contributed by atoms with Crippen molar-refractivity contribution in [2.45, 2.75) is 143 Å². The summed E-state index contributed by atoms with van der Waals surface area (Å²) in [5.41, 5.74) is 0.366. The Morgan fingerprint density at radius 2 is 1.58 bits per heavy atom. The molecule has 0 aromatic carbocycles. The summed E-state index contributed by atoms with van der Waals surface area (Å²) < 4.78 is 1.87. The van der Waals surface area contributed by atoms with Crippen LogP contribution >= 0.6 is 11.6 Å². The Hall–Kier alpha value is -2.26. The van der Waals surface area contributed by atoms with Crippen LogP contribution in [0, 0.1) is 5.92 Å². The van der Waals surface area contributed by atoms with Crippen LogP contribution < -0.4 is 0 Å². The van der Waals surface area contributed by atoms with Crippen LogP contribution in [0.25, 0.3) is 0 Å². The lowest BCUT2D eigenvalue weighted by Gasteiger charge is -2.29. The summed E-state index contributed by atoms with van der Waals surface area (Å²) in [4.78, 5) is 47.5. The number of rotatable bonds is 13. The minimum atomic E-state index is -0.335. The number of aromatic nitrogens is 2. The number of carbonyl (C=O) groups excluding carboxylic acids is 3. The van der Waals surface area contributed by atoms with Crippen molar-refractivity contribution < 1.29 is 19.5 Å². The second-order valence-electron chi connectivity index (χ2n) is 12.2. The van der Waals surface area contributed by atoms with Gasteiger partial charge in [-0.25, -0.2) is 4.98 Å². The second kappa shape index (κ2) is 19.2. The zero-order chi connectivity index (χ0) is 32.7. The minimum absolute atomic E-state index is 0.0472. The van der Waals surface area contributed by atoms with Crippen LogP contribution in [0.1, 0.15) is 130 Å². The van der Waals surface area contributed by atoms with Crippen molar-refractivity contribution in [3.05, 3.63) is 16.7 Å². The average Bonchev–Trinajstić information content (AvgIpc) is 3.62. The van der Waals surface area contributed by atoms with E-state index in [1.807, 2.05) is 32.5 Å². The van der Waals surface area contributed by atoms with E-state index < -0.39 is 0 Å². The summed E-state index contributed by atoms with van der Waals surface area (Å²) in [6, 6.07) is -0.269. The molecule has 246 valence electrons. The number of nitrogens with zero attached hydrogens (tertiary/aromatic N) is 5. The van der Waals surface area contributed by atoms with Crippen LogP contribution in [0.3, 0.4) is 0 Å². The molecule has 1 atom stereocenters. The predicted octanol–water partition coefficient (Wildman–Crippen LogP) is 6.52. The highest BCUT2D eigenvalue weighted by Gasteiger charge is 2.48. The molecule has 2 amide bonds. The fraction of sp³-hybridized carbons (Fsp3) is 0.788. The Morgan fingerprint density at radius 1 is 1.02 bits per heavy atom. The number of imidazole rings is 1. The normalized spacial score (nSPS) is 16.0. The summed E-state index contributed by atoms with van der Waals surface area (Å²) in [5.74, 6) is 2.53. The molecule has 2 aliphatic rings. The Labute approximate surface area is 265 Å². The maximum absolute atomic E-state index is 12.1. The van der Waals surface area contributed by atoms with E-state index in [1.54, 1.807) is 23.8 Å². The number of hydrogen-bond acceptors (Lipinski definition) is 6. The van der Waals surface area contributed by atoms with E-state index in [1.165, 1.54) is 0 Å². The van der Waals surface area contributed by atoms with E-state index in [4.69, 9.17) is 21.7 Å². The summed E-state index contributed by atoms with van der Waals surface area (Å²) in [7, 11) is 5.49. The van der Waals surface area contributed by atoms with Gasteiger partial charge in [0, 0.05) is 40.4 Å². The first kappa shape index (κ1) is 38.8. The molecule has 0 bridgehead atoms. The highest BCUT2D eigenvalue weighted by Crippen LogP contribution is 2.38. The number of Topliss-reactive ketones (excluding diaryl/α,β-unsaturated/α-hetero) is 1. The molecule has 10 heteroatoms. The molecule has 2 heterocycles. The lowest BCUT2D eigenvalue weighted by atomic mass is 9.98. The number of amidine groups is 1. The standard InChI is InChI=1S/C12H20N2O.C12H23NO2.C9H15ClN2O/c1-3-4-7-10-13-12(8-5-6-9-12)11(15)14(10)2;1-6-7-8-11(15)13(5)12(9(2)3)10(4)14;1-3-4-5-8-11-9(10)7(6-13)12(8)2/h3-9H2,1-2H3;9,12H,6-8H2,1-5H3;13H,3-6H2,1-2H3/t;12-;/m.0./s1. The molecule has 0 radical (unpaired) electrons. The third-order valence-corrected chi connectivity index (χ3v) is 8.68. The van der Waals surface area contributed by atoms with Gasteiger partial charge in [-0.2, -0.15) is 0 Å². The maximum atomic E-state index is 12.1. The third-order valence-electron chi connectivity index (χ3n) is 8.38. The van der Waals surface area contributed by atoms with Gasteiger partial charge in [0.25, 0.3) is 5.91 Å². The van der Waals surface area contributed by atoms with Gasteiger partial charge in [-0.3, -0.25) is 19.4 Å². The molecular weight excluding hydrogens is 566 g/mol. The number of likely N-dealkylation sites (N-methyl/N-ethyl adjacent to an activating group) is 2. The van der Waals surface area contributed by atoms with Crippen LogP contribution in [-0.4, -0.2) is 73.6 Å². The SMILES string of the molecule is CCCCC(=O)N(C)[C@H](C(C)=O)C(C)C.CCCCC1=NC2(CCCC2)C(=O)N1C.CCCCc1nc(Cl)c(CO)n1C. The summed E-state index contributed by atoms with van der Waals surface area (Å²) >= 11 is 5.84. The number of unbranched alkanes of at least 4 members (excludes halogenated alkanes) is 3. The first-order valence-corrected chi connectivity index (χ1v) is 16.6. The van der Waals surface area contributed by atoms with Gasteiger partial charge in [-0.1, -0.05) is 78.3 Å². The molecule has 1 aromatic heterocycles. The molecule has 1 saturated carbocycles. The van der Waals surface area contributed by atoms with Crippen molar-refractivity contribution >= 4 is 35.0 Å². The molecule has 1 aromatic rings. The fourth-order valence-corrected chi connectivity index (χ4v) is 6.05. The smallest absolute Gasteiger partial charge is 0.255 e. The Balaban J connectivity index is 0.000000324. The van der Waals surface area contributed by atoms with Gasteiger partial charge in [0.1, 0.15) is 17.2 Å². The summed E-state index contributed by atoms with van der Waals surface area (Å²) in [6.07, 6.45) is 13.1. The van der Waals surface area contributed by atoms with Crippen molar-refractivity contribution in [2.24, 2.45) is 18.0 Å². The van der Waals surface area contributed by atoms with Crippen molar-refractivity contribution in [3.8, 4) is 0 Å². The fourth-order valence-electron chi connectivity index (χ4n) is 5.77. The molecule has 0 saturated heterocycles. The third kappa shape index (κ3) is 11.0. The van der Waals surface area contributed by atoms with Gasteiger partial charge >= 0.3 is 0 Å². The highest BCUT2D eigenvalue weighted by atomic mass is 35.5. The zero-order valence-corrected chi connectivity index (χ0v) is 29.1. The first-order chi connectivity index (χ1) is 20.3. The molecule has 1 N–H and O–H groups in total. The predicted molar refractivity (Wildman–Crippen MR) is 175 cm³/mol. The molecular formula is C33H58ClN5O4. The molecule has 1 fully saturated rings. The van der Waals surface area contributed by atoms with Crippen molar-refractivity contribution in [3.63, 3.8) is 0 Å². The molecule has 1 aliphatic carbocycles. The van der Waals surface area contributed by atoms with Crippen molar-refractivity contribution in [1.29, 1.82) is 0 Å². The Morgan fingerprint density at radius 3 is 2.05 bits per heavy atom. The lowest BCUT2D eigenvalue weighted by molar-refractivity contribution is -0.138. The zero-order valence-electron chi connectivity index (χ0n) is 28.3. The minimum Gasteiger partial charge on any atom is -0.390 e.